The predicted octanol–water partition coefficient (Wildman–Crippen LogP) is 3.77. The van der Waals surface area contributed by atoms with Crippen LogP contribution in [0.15, 0.2) is 35.7 Å². The molecule has 4 N–H and O–H groups in total. The third-order valence-electron chi connectivity index (χ3n) is 4.52. The molecule has 1 aromatic heterocycles. The smallest absolute Gasteiger partial charge is 0.350 e. The summed E-state index contributed by atoms with van der Waals surface area (Å²) in [5, 5.41) is 9.41. The van der Waals surface area contributed by atoms with Gasteiger partial charge in [-0.05, 0) is 30.0 Å². The second kappa shape index (κ2) is 10.9. The number of anilines is 3. The minimum absolute atomic E-state index is 0.108. The molecule has 2 rings (SSSR count). The van der Waals surface area contributed by atoms with E-state index in [1.165, 1.54) is 19.7 Å². The largest absolute Gasteiger partial charge is 0.399 e. The van der Waals surface area contributed by atoms with Gasteiger partial charge >= 0.3 is 6.03 Å². The number of rotatable bonds is 9. The van der Waals surface area contributed by atoms with Crippen molar-refractivity contribution in [2.45, 2.75) is 39.2 Å². The summed E-state index contributed by atoms with van der Waals surface area (Å²) in [6.07, 6.45) is 3.02. The number of amides is 2. The maximum absolute atomic E-state index is 14.7. The highest BCUT2D eigenvalue weighted by Gasteiger charge is 2.23. The molecular weight excluding hydrogens is 389 g/mol. The number of oxime groups is 1. The van der Waals surface area contributed by atoms with Gasteiger partial charge < -0.3 is 21.2 Å². The molecule has 0 aliphatic rings. The molecule has 0 aliphatic heterocycles. The maximum Gasteiger partial charge on any atom is 0.350 e. The van der Waals surface area contributed by atoms with Gasteiger partial charge in [-0.25, -0.2) is 14.8 Å². The molecule has 2 aromatic rings. The Balaban J connectivity index is 2.02. The van der Waals surface area contributed by atoms with E-state index in [1.807, 2.05) is 12.1 Å². The Bertz CT molecular complexity index is 859. The summed E-state index contributed by atoms with van der Waals surface area (Å²) in [4.78, 5) is 25.0. The third kappa shape index (κ3) is 6.03. The Morgan fingerprint density at radius 1 is 1.33 bits per heavy atom. The number of carbonyl (C=O) groups is 1. The molecule has 9 nitrogen and oxygen atoms in total. The number of nitrogens with two attached hydrogens (primary N) is 1. The summed E-state index contributed by atoms with van der Waals surface area (Å²) in [5.41, 5.74) is 7.91. The average Bonchev–Trinajstić information content (AvgIpc) is 2.73. The van der Waals surface area contributed by atoms with Gasteiger partial charge in [-0.2, -0.15) is 5.12 Å². The lowest BCUT2D eigenvalue weighted by Crippen LogP contribution is -2.40. The number of carbonyl (C=O) groups excluding carboxylic acids is 1. The topological polar surface area (TPSA) is 118 Å². The van der Waals surface area contributed by atoms with Gasteiger partial charge in [0, 0.05) is 12.2 Å². The van der Waals surface area contributed by atoms with Gasteiger partial charge in [-0.1, -0.05) is 42.5 Å². The Labute approximate surface area is 175 Å². The van der Waals surface area contributed by atoms with E-state index in [0.29, 0.717) is 29.4 Å². The van der Waals surface area contributed by atoms with Crippen LogP contribution in [-0.4, -0.2) is 47.0 Å². The highest BCUT2D eigenvalue weighted by molar-refractivity contribution is 5.91. The van der Waals surface area contributed by atoms with Crippen molar-refractivity contribution >= 4 is 29.6 Å². The Morgan fingerprint density at radius 2 is 2.03 bits per heavy atom. The Hall–Kier alpha value is -3.43. The van der Waals surface area contributed by atoms with Crippen molar-refractivity contribution in [3.05, 3.63) is 41.7 Å². The molecule has 1 heterocycles. The lowest BCUT2D eigenvalue weighted by molar-refractivity contribution is 0.0350. The Kier molecular flexibility index (Phi) is 8.33. The summed E-state index contributed by atoms with van der Waals surface area (Å²) in [6, 6.07) is 5.75. The maximum atomic E-state index is 14.7. The molecular formula is C20H28FN7O2. The first-order chi connectivity index (χ1) is 14.4. The molecule has 1 atom stereocenters. The number of halogens is 1. The lowest BCUT2D eigenvalue weighted by atomic mass is 10.0. The number of nitrogen functional groups attached to an aromatic ring is 1. The molecule has 162 valence electrons. The zero-order chi connectivity index (χ0) is 22.1. The summed E-state index contributed by atoms with van der Waals surface area (Å²) >= 11 is 0. The van der Waals surface area contributed by atoms with Crippen LogP contribution in [0.4, 0.5) is 26.6 Å². The SMILES string of the molecule is CCC(CNc1ncnc(N)c1/C=N/OC)N(F)C(=O)Nc1ccc(C(C)C)cc1. The molecule has 1 aromatic carbocycles. The van der Waals surface area contributed by atoms with Crippen LogP contribution >= 0.6 is 0 Å². The lowest BCUT2D eigenvalue weighted by Gasteiger charge is -2.23. The minimum atomic E-state index is -0.843. The first kappa shape index (κ1) is 22.9. The van der Waals surface area contributed by atoms with Crippen LogP contribution in [0.3, 0.4) is 0 Å². The highest BCUT2D eigenvalue weighted by Crippen LogP contribution is 2.19. The number of urea groups is 1. The monoisotopic (exact) mass is 417 g/mol. The van der Waals surface area contributed by atoms with E-state index < -0.39 is 12.1 Å². The fraction of sp³-hybridized carbons (Fsp3) is 0.400. The molecule has 10 heteroatoms. The van der Waals surface area contributed by atoms with Crippen molar-refractivity contribution in [2.75, 3.05) is 30.0 Å². The first-order valence-electron chi connectivity index (χ1n) is 9.64. The van der Waals surface area contributed by atoms with Crippen LogP contribution in [0.2, 0.25) is 0 Å². The number of hydrogen-bond acceptors (Lipinski definition) is 7. The van der Waals surface area contributed by atoms with Gasteiger partial charge in [0.1, 0.15) is 25.1 Å². The third-order valence-corrected chi connectivity index (χ3v) is 4.52. The summed E-state index contributed by atoms with van der Waals surface area (Å²) in [6.45, 7) is 6.04. The number of benzene rings is 1. The standard InChI is InChI=1S/C20H28FN7O2/c1-5-16(10-23-19-17(11-26-30-4)18(22)24-12-25-19)28(21)20(29)27-15-8-6-14(7-9-15)13(2)3/h6-9,11-13,16H,5,10H2,1-4H3,(H,27,29)(H3,22,23,24,25)/b26-11+. The van der Waals surface area contributed by atoms with Gasteiger partial charge in [0.2, 0.25) is 0 Å². The van der Waals surface area contributed by atoms with Crippen molar-refractivity contribution < 1.29 is 14.1 Å². The molecule has 0 saturated heterocycles. The zero-order valence-electron chi connectivity index (χ0n) is 17.6. The van der Waals surface area contributed by atoms with Crippen molar-refractivity contribution in [3.8, 4) is 0 Å². The molecule has 0 fully saturated rings. The van der Waals surface area contributed by atoms with Crippen LogP contribution in [0, 0.1) is 0 Å². The molecule has 0 bridgehead atoms. The zero-order valence-corrected chi connectivity index (χ0v) is 17.6. The Morgan fingerprint density at radius 3 is 2.63 bits per heavy atom. The summed E-state index contributed by atoms with van der Waals surface area (Å²) in [5.74, 6) is 0.929. The van der Waals surface area contributed by atoms with Crippen LogP contribution in [0.5, 0.6) is 0 Å². The predicted molar refractivity (Wildman–Crippen MR) is 116 cm³/mol. The van der Waals surface area contributed by atoms with Gasteiger partial charge in [-0.15, -0.1) is 0 Å². The van der Waals surface area contributed by atoms with E-state index in [9.17, 15) is 9.28 Å². The molecule has 2 amide bonds. The average molecular weight is 417 g/mol. The second-order valence-electron chi connectivity index (χ2n) is 6.90. The van der Waals surface area contributed by atoms with Crippen LogP contribution in [0.1, 0.15) is 44.2 Å². The van der Waals surface area contributed by atoms with E-state index in [0.717, 1.165) is 5.56 Å². The van der Waals surface area contributed by atoms with E-state index in [-0.39, 0.29) is 17.5 Å². The van der Waals surface area contributed by atoms with Crippen molar-refractivity contribution in [2.24, 2.45) is 5.16 Å². The van der Waals surface area contributed by atoms with Gasteiger partial charge in [0.15, 0.2) is 0 Å². The van der Waals surface area contributed by atoms with E-state index >= 15 is 0 Å². The van der Waals surface area contributed by atoms with Crippen molar-refractivity contribution in [3.63, 3.8) is 0 Å². The summed E-state index contributed by atoms with van der Waals surface area (Å²) < 4.78 is 14.7. The number of nitrogens with zero attached hydrogens (tertiary/aromatic N) is 4. The summed E-state index contributed by atoms with van der Waals surface area (Å²) in [7, 11) is 1.40. The fourth-order valence-corrected chi connectivity index (χ4v) is 2.68. The normalized spacial score (nSPS) is 12.1. The van der Waals surface area contributed by atoms with Crippen molar-refractivity contribution in [1.29, 1.82) is 0 Å². The van der Waals surface area contributed by atoms with Gasteiger partial charge in [0.05, 0.1) is 17.8 Å². The van der Waals surface area contributed by atoms with Gasteiger partial charge in [0.25, 0.3) is 0 Å². The second-order valence-corrected chi connectivity index (χ2v) is 6.90. The minimum Gasteiger partial charge on any atom is -0.399 e. The molecule has 0 radical (unpaired) electrons. The van der Waals surface area contributed by atoms with Crippen LogP contribution in [0.25, 0.3) is 0 Å². The van der Waals surface area contributed by atoms with E-state index in [1.54, 1.807) is 19.1 Å². The number of nitrogens with one attached hydrogen (secondary N) is 2. The molecule has 30 heavy (non-hydrogen) atoms. The van der Waals surface area contributed by atoms with Crippen LogP contribution < -0.4 is 16.4 Å². The van der Waals surface area contributed by atoms with Gasteiger partial charge in [-0.3, -0.25) is 0 Å². The van der Waals surface area contributed by atoms with Crippen molar-refractivity contribution in [1.82, 2.24) is 15.1 Å². The van der Waals surface area contributed by atoms with Crippen LogP contribution in [-0.2, 0) is 4.84 Å². The van der Waals surface area contributed by atoms with E-state index in [2.05, 4.69) is 44.4 Å². The molecule has 0 saturated carbocycles. The van der Waals surface area contributed by atoms with E-state index in [4.69, 9.17) is 5.73 Å². The highest BCUT2D eigenvalue weighted by atomic mass is 19.2. The molecule has 0 spiro atoms. The fourth-order valence-electron chi connectivity index (χ4n) is 2.68. The first-order valence-corrected chi connectivity index (χ1v) is 9.64. The molecule has 0 aliphatic carbocycles. The quantitative estimate of drug-likeness (QED) is 0.325. The number of aromatic nitrogens is 2. The number of hydrogen-bond donors (Lipinski definition) is 3. The molecule has 1 unspecified atom stereocenters.